The fourth-order valence-electron chi connectivity index (χ4n) is 9.23. The molecule has 0 aromatic heterocycles. The number of aliphatic hydroxyl groups is 2. The van der Waals surface area contributed by atoms with Gasteiger partial charge in [-0.05, 0) is 104 Å². The molecule has 10 atom stereocenters. The van der Waals surface area contributed by atoms with Crippen LogP contribution in [0.3, 0.4) is 0 Å². The normalized spacial score (nSPS) is 45.6. The summed E-state index contributed by atoms with van der Waals surface area (Å²) in [6.07, 6.45) is 9.10. The minimum absolute atomic E-state index is 0.212. The summed E-state index contributed by atoms with van der Waals surface area (Å²) in [4.78, 5) is 22.2. The molecule has 0 spiro atoms. The number of carbonyl (C=O) groups excluding carboxylic acids is 1. The Hall–Kier alpha value is -1.34. The van der Waals surface area contributed by atoms with Crippen molar-refractivity contribution in [3.8, 4) is 0 Å². The standard InChI is InChI=1S/C27H45NO6/c1-4-18-21-14-17(29)9-11-27(21,3)20-10-12-26(2)16(7-8-19(26)23(20)24(18)32)6-5-13-34-25(33)28-15-22(30)31/h16-21,23-24,29,32H,4-15H2,1-3H3,(H,28,33)(H,30,31)/t16-,17+,18+,19-,20-,21-,23-,24+,26+,27+/m0/s1. The van der Waals surface area contributed by atoms with Gasteiger partial charge in [-0.3, -0.25) is 4.79 Å². The molecule has 0 radical (unpaired) electrons. The Morgan fingerprint density at radius 2 is 1.71 bits per heavy atom. The van der Waals surface area contributed by atoms with Crippen LogP contribution in [0.4, 0.5) is 4.79 Å². The first-order chi connectivity index (χ1) is 16.1. The molecule has 4 aliphatic rings. The average Bonchev–Trinajstić information content (AvgIpc) is 3.13. The summed E-state index contributed by atoms with van der Waals surface area (Å²) in [5.74, 6) is 1.60. The molecular formula is C27H45NO6. The lowest BCUT2D eigenvalue weighted by Crippen LogP contribution is -2.62. The van der Waals surface area contributed by atoms with Crippen molar-refractivity contribution in [1.82, 2.24) is 5.32 Å². The lowest BCUT2D eigenvalue weighted by atomic mass is 9.41. The number of alkyl carbamates (subject to hydrolysis) is 1. The maximum absolute atomic E-state index is 11.7. The number of carbonyl (C=O) groups is 2. The number of carboxylic acids is 1. The first-order valence-corrected chi connectivity index (χ1v) is 13.6. The van der Waals surface area contributed by atoms with E-state index in [-0.39, 0.29) is 29.0 Å². The molecule has 0 bridgehead atoms. The fraction of sp³-hybridized carbons (Fsp3) is 0.926. The summed E-state index contributed by atoms with van der Waals surface area (Å²) in [7, 11) is 0. The van der Waals surface area contributed by atoms with Crippen LogP contribution in [0, 0.1) is 46.3 Å². The first-order valence-electron chi connectivity index (χ1n) is 13.6. The van der Waals surface area contributed by atoms with Crippen LogP contribution >= 0.6 is 0 Å². The van der Waals surface area contributed by atoms with Gasteiger partial charge in [0.15, 0.2) is 0 Å². The van der Waals surface area contributed by atoms with Crippen LogP contribution in [0.15, 0.2) is 0 Å². The number of aliphatic carboxylic acids is 1. The molecule has 0 heterocycles. The molecule has 4 N–H and O–H groups in total. The van der Waals surface area contributed by atoms with Crippen LogP contribution in [0.25, 0.3) is 0 Å². The zero-order chi connectivity index (χ0) is 24.7. The van der Waals surface area contributed by atoms with Crippen LogP contribution in [0.1, 0.15) is 85.0 Å². The SMILES string of the molecule is CC[C@H]1[C@@H](O)[C@@H]2[C@H](CC[C@]3(C)[C@@H](CCCOC(=O)NCC(=O)O)CC[C@@H]23)[C@@]2(C)CC[C@@H](O)C[C@@H]12. The molecule has 7 heteroatoms. The van der Waals surface area contributed by atoms with E-state index in [9.17, 15) is 19.8 Å². The summed E-state index contributed by atoms with van der Waals surface area (Å²) in [6, 6.07) is 0. The molecule has 4 fully saturated rings. The Morgan fingerprint density at radius 1 is 1.00 bits per heavy atom. The third-order valence-electron chi connectivity index (χ3n) is 10.9. The van der Waals surface area contributed by atoms with E-state index in [4.69, 9.17) is 9.84 Å². The number of ether oxygens (including phenoxy) is 1. The van der Waals surface area contributed by atoms with Gasteiger partial charge in [0.2, 0.25) is 0 Å². The summed E-state index contributed by atoms with van der Waals surface area (Å²) in [6.45, 7) is 7.00. The highest BCUT2D eigenvalue weighted by atomic mass is 16.5. The van der Waals surface area contributed by atoms with E-state index in [1.807, 2.05) is 0 Å². The van der Waals surface area contributed by atoms with Crippen LogP contribution in [-0.2, 0) is 9.53 Å². The zero-order valence-electron chi connectivity index (χ0n) is 21.2. The van der Waals surface area contributed by atoms with Gasteiger partial charge in [-0.1, -0.05) is 27.2 Å². The molecule has 194 valence electrons. The van der Waals surface area contributed by atoms with Crippen molar-refractivity contribution in [1.29, 1.82) is 0 Å². The van der Waals surface area contributed by atoms with Gasteiger partial charge in [0, 0.05) is 0 Å². The predicted octanol–water partition coefficient (Wildman–Crippen LogP) is 4.20. The molecule has 1 amide bonds. The Balaban J connectivity index is 1.41. The molecule has 4 saturated carbocycles. The number of carboxylic acid groups (broad SMARTS) is 1. The van der Waals surface area contributed by atoms with Gasteiger partial charge in [0.05, 0.1) is 18.8 Å². The molecule has 34 heavy (non-hydrogen) atoms. The second kappa shape index (κ2) is 9.96. The first kappa shape index (κ1) is 25.7. The Bertz CT molecular complexity index is 759. The molecule has 0 aromatic carbocycles. The Morgan fingerprint density at radius 3 is 2.41 bits per heavy atom. The van der Waals surface area contributed by atoms with E-state index in [2.05, 4.69) is 26.1 Å². The zero-order valence-corrected chi connectivity index (χ0v) is 21.2. The molecule has 4 aliphatic carbocycles. The van der Waals surface area contributed by atoms with Gasteiger partial charge >= 0.3 is 12.1 Å². The molecule has 7 nitrogen and oxygen atoms in total. The predicted molar refractivity (Wildman–Crippen MR) is 128 cm³/mol. The number of hydrogen-bond donors (Lipinski definition) is 4. The number of rotatable bonds is 7. The summed E-state index contributed by atoms with van der Waals surface area (Å²) in [5.41, 5.74) is 0.434. The highest BCUT2D eigenvalue weighted by molar-refractivity contribution is 5.76. The maximum atomic E-state index is 11.7. The molecule has 0 saturated heterocycles. The van der Waals surface area contributed by atoms with Crippen LogP contribution in [0.2, 0.25) is 0 Å². The number of hydrogen-bond acceptors (Lipinski definition) is 5. The highest BCUT2D eigenvalue weighted by Gasteiger charge is 2.64. The summed E-state index contributed by atoms with van der Waals surface area (Å²) in [5, 5.41) is 33.0. The Kier molecular flexibility index (Phi) is 7.54. The second-order valence-corrected chi connectivity index (χ2v) is 12.2. The second-order valence-electron chi connectivity index (χ2n) is 12.2. The topological polar surface area (TPSA) is 116 Å². The monoisotopic (exact) mass is 479 g/mol. The number of fused-ring (bicyclic) bond motifs is 5. The lowest BCUT2D eigenvalue weighted by molar-refractivity contribution is -0.202. The van der Waals surface area contributed by atoms with E-state index >= 15 is 0 Å². The van der Waals surface area contributed by atoms with Gasteiger partial charge < -0.3 is 25.4 Å². The molecule has 0 aliphatic heterocycles. The van der Waals surface area contributed by atoms with Crippen LogP contribution < -0.4 is 5.32 Å². The lowest BCUT2D eigenvalue weighted by Gasteiger charge is -2.64. The van der Waals surface area contributed by atoms with E-state index in [0.29, 0.717) is 36.2 Å². The van der Waals surface area contributed by atoms with Gasteiger partial charge in [0.25, 0.3) is 0 Å². The van der Waals surface area contributed by atoms with Crippen LogP contribution in [-0.4, -0.2) is 52.7 Å². The fourth-order valence-corrected chi connectivity index (χ4v) is 9.23. The van der Waals surface area contributed by atoms with Crippen LogP contribution in [0.5, 0.6) is 0 Å². The maximum Gasteiger partial charge on any atom is 0.407 e. The van der Waals surface area contributed by atoms with Gasteiger partial charge in [-0.15, -0.1) is 0 Å². The van der Waals surface area contributed by atoms with Gasteiger partial charge in [0.1, 0.15) is 6.54 Å². The number of aliphatic hydroxyl groups excluding tert-OH is 2. The third kappa shape index (κ3) is 4.47. The largest absolute Gasteiger partial charge is 0.480 e. The number of amides is 1. The molecule has 4 rings (SSSR count). The van der Waals surface area contributed by atoms with Crippen molar-refractivity contribution in [3.63, 3.8) is 0 Å². The average molecular weight is 480 g/mol. The van der Waals surface area contributed by atoms with E-state index in [1.165, 1.54) is 19.3 Å². The molecule has 0 unspecified atom stereocenters. The minimum atomic E-state index is -1.09. The van der Waals surface area contributed by atoms with E-state index in [0.717, 1.165) is 44.9 Å². The number of nitrogens with one attached hydrogen (secondary N) is 1. The third-order valence-corrected chi connectivity index (χ3v) is 10.9. The van der Waals surface area contributed by atoms with E-state index in [1.54, 1.807) is 0 Å². The molecule has 0 aromatic rings. The summed E-state index contributed by atoms with van der Waals surface area (Å²) < 4.78 is 5.16. The van der Waals surface area contributed by atoms with Crippen molar-refractivity contribution in [2.45, 2.75) is 97.2 Å². The van der Waals surface area contributed by atoms with Crippen molar-refractivity contribution >= 4 is 12.1 Å². The highest BCUT2D eigenvalue weighted by Crippen LogP contribution is 2.69. The minimum Gasteiger partial charge on any atom is -0.480 e. The van der Waals surface area contributed by atoms with Crippen molar-refractivity contribution in [2.75, 3.05) is 13.2 Å². The van der Waals surface area contributed by atoms with E-state index < -0.39 is 18.6 Å². The summed E-state index contributed by atoms with van der Waals surface area (Å²) >= 11 is 0. The van der Waals surface area contributed by atoms with Gasteiger partial charge in [-0.25, -0.2) is 4.79 Å². The Labute approximate surface area is 204 Å². The smallest absolute Gasteiger partial charge is 0.407 e. The molecular weight excluding hydrogens is 434 g/mol. The van der Waals surface area contributed by atoms with Crippen molar-refractivity contribution in [3.05, 3.63) is 0 Å². The quantitative estimate of drug-likeness (QED) is 0.407. The van der Waals surface area contributed by atoms with Crippen molar-refractivity contribution < 1.29 is 29.6 Å². The van der Waals surface area contributed by atoms with Gasteiger partial charge in [-0.2, -0.15) is 0 Å². The van der Waals surface area contributed by atoms with Crippen molar-refractivity contribution in [2.24, 2.45) is 46.3 Å².